The molecule has 2 aromatic carbocycles. The van der Waals surface area contributed by atoms with Crippen molar-refractivity contribution in [2.45, 2.75) is 37.7 Å². The Bertz CT molecular complexity index is 1140. The summed E-state index contributed by atoms with van der Waals surface area (Å²) in [5.74, 6) is 0.0567. The second kappa shape index (κ2) is 8.78. The van der Waals surface area contributed by atoms with E-state index in [1.807, 2.05) is 0 Å². The van der Waals surface area contributed by atoms with Gasteiger partial charge in [0.25, 0.3) is 5.91 Å². The van der Waals surface area contributed by atoms with Crippen molar-refractivity contribution >= 4 is 17.4 Å². The lowest BCUT2D eigenvalue weighted by Crippen LogP contribution is -2.35. The fraction of sp³-hybridized carbons (Fsp3) is 0.304. The fourth-order valence-electron chi connectivity index (χ4n) is 3.81. The van der Waals surface area contributed by atoms with Crippen LogP contribution in [-0.4, -0.2) is 34.1 Å². The smallest absolute Gasteiger partial charge is 0.410 e. The zero-order chi connectivity index (χ0) is 23.8. The second-order valence-electron chi connectivity index (χ2n) is 7.88. The van der Waals surface area contributed by atoms with E-state index in [-0.39, 0.29) is 17.9 Å². The summed E-state index contributed by atoms with van der Waals surface area (Å²) in [6, 6.07) is 12.2. The van der Waals surface area contributed by atoms with Crippen molar-refractivity contribution in [3.05, 3.63) is 71.4 Å². The first-order valence-corrected chi connectivity index (χ1v) is 10.3. The molecular weight excluding hydrogens is 437 g/mol. The Morgan fingerprint density at radius 2 is 1.97 bits per heavy atom. The van der Waals surface area contributed by atoms with Crippen LogP contribution in [0, 0.1) is 0 Å². The van der Waals surface area contributed by atoms with E-state index in [0.29, 0.717) is 22.6 Å². The van der Waals surface area contributed by atoms with Crippen LogP contribution in [0.4, 0.5) is 24.7 Å². The number of carbonyl (C=O) groups is 1. The van der Waals surface area contributed by atoms with E-state index in [1.165, 1.54) is 13.2 Å². The second-order valence-corrected chi connectivity index (χ2v) is 7.88. The maximum atomic E-state index is 13.9. The van der Waals surface area contributed by atoms with Crippen LogP contribution in [0.3, 0.4) is 0 Å². The summed E-state index contributed by atoms with van der Waals surface area (Å²) >= 11 is 0. The van der Waals surface area contributed by atoms with Gasteiger partial charge in [0.1, 0.15) is 11.6 Å². The number of halogens is 3. The summed E-state index contributed by atoms with van der Waals surface area (Å²) in [5, 5.41) is 19.4. The first-order valence-electron chi connectivity index (χ1n) is 10.3. The van der Waals surface area contributed by atoms with Crippen molar-refractivity contribution in [2.75, 3.05) is 17.7 Å². The van der Waals surface area contributed by atoms with Crippen LogP contribution in [0.15, 0.2) is 54.6 Å². The summed E-state index contributed by atoms with van der Waals surface area (Å²) in [6.07, 6.45) is -5.55. The van der Waals surface area contributed by atoms with Gasteiger partial charge in [-0.25, -0.2) is 4.68 Å². The highest BCUT2D eigenvalue weighted by Gasteiger charge is 2.46. The van der Waals surface area contributed by atoms with Crippen LogP contribution in [0.1, 0.15) is 53.1 Å². The number of amides is 1. The summed E-state index contributed by atoms with van der Waals surface area (Å²) < 4.78 is 47.6. The number of methoxy groups -OCH3 is 1. The molecule has 3 atom stereocenters. The van der Waals surface area contributed by atoms with Crippen molar-refractivity contribution in [1.82, 2.24) is 9.78 Å². The Labute approximate surface area is 188 Å². The molecule has 3 N–H and O–H groups in total. The van der Waals surface area contributed by atoms with Crippen LogP contribution in [0.2, 0.25) is 0 Å². The number of anilines is 2. The fourth-order valence-corrected chi connectivity index (χ4v) is 3.81. The number of hydrogen-bond donors (Lipinski definition) is 3. The van der Waals surface area contributed by atoms with E-state index < -0.39 is 30.3 Å². The number of aliphatic hydroxyl groups is 1. The van der Waals surface area contributed by atoms with Gasteiger partial charge in [0, 0.05) is 18.2 Å². The van der Waals surface area contributed by atoms with Crippen molar-refractivity contribution in [1.29, 1.82) is 0 Å². The Morgan fingerprint density at radius 3 is 2.61 bits per heavy atom. The number of nitrogens with one attached hydrogen (secondary N) is 2. The molecule has 33 heavy (non-hydrogen) atoms. The molecule has 7 nitrogen and oxygen atoms in total. The van der Waals surface area contributed by atoms with Crippen LogP contribution < -0.4 is 15.4 Å². The molecule has 0 aliphatic carbocycles. The molecule has 1 aromatic heterocycles. The summed E-state index contributed by atoms with van der Waals surface area (Å²) in [4.78, 5) is 12.7. The van der Waals surface area contributed by atoms with Gasteiger partial charge in [-0.1, -0.05) is 24.3 Å². The lowest BCUT2D eigenvalue weighted by molar-refractivity contribution is -0.173. The van der Waals surface area contributed by atoms with E-state index in [4.69, 9.17) is 4.74 Å². The number of ether oxygens (including phenoxy) is 1. The standard InChI is InChI=1S/C23H23F3N4O3/c1-13(31)15-4-3-5-16(10-15)27-22(32)19-12-21-28-18(14-6-8-17(33-2)9-7-14)11-20(23(24,25)26)30(21)29-19/h3-10,12-13,18,20,28,31H,11H2,1-2H3,(H,27,32)/t13-,18+,20+/m0/s1. The molecule has 174 valence electrons. The van der Waals surface area contributed by atoms with Crippen molar-refractivity contribution in [3.63, 3.8) is 0 Å². The summed E-state index contributed by atoms with van der Waals surface area (Å²) in [5.41, 5.74) is 1.52. The normalized spacial score (nSPS) is 18.7. The third-order valence-electron chi connectivity index (χ3n) is 5.57. The van der Waals surface area contributed by atoms with Gasteiger partial charge in [0.05, 0.1) is 19.3 Å². The molecule has 0 unspecified atom stereocenters. The quantitative estimate of drug-likeness (QED) is 0.506. The van der Waals surface area contributed by atoms with Crippen molar-refractivity contribution in [3.8, 4) is 5.75 Å². The molecule has 0 saturated carbocycles. The van der Waals surface area contributed by atoms with Crippen LogP contribution in [0.25, 0.3) is 0 Å². The molecule has 0 fully saturated rings. The molecule has 0 bridgehead atoms. The van der Waals surface area contributed by atoms with Crippen LogP contribution >= 0.6 is 0 Å². The molecule has 10 heteroatoms. The average Bonchev–Trinajstić information content (AvgIpc) is 3.22. The highest BCUT2D eigenvalue weighted by atomic mass is 19.4. The van der Waals surface area contributed by atoms with Gasteiger partial charge in [-0.2, -0.15) is 18.3 Å². The summed E-state index contributed by atoms with van der Waals surface area (Å²) in [7, 11) is 1.51. The maximum Gasteiger partial charge on any atom is 0.410 e. The molecule has 1 amide bonds. The Hall–Kier alpha value is -3.53. The molecule has 0 spiro atoms. The highest BCUT2D eigenvalue weighted by Crippen LogP contribution is 2.43. The zero-order valence-corrected chi connectivity index (χ0v) is 17.9. The lowest BCUT2D eigenvalue weighted by Gasteiger charge is -2.33. The van der Waals surface area contributed by atoms with Crippen molar-refractivity contribution in [2.24, 2.45) is 0 Å². The minimum Gasteiger partial charge on any atom is -0.497 e. The molecule has 4 rings (SSSR count). The molecule has 1 aliphatic heterocycles. The number of benzene rings is 2. The number of aromatic nitrogens is 2. The molecule has 1 aliphatic rings. The van der Waals surface area contributed by atoms with Gasteiger partial charge in [-0.15, -0.1) is 0 Å². The highest BCUT2D eigenvalue weighted by molar-refractivity contribution is 6.03. The number of fused-ring (bicyclic) bond motifs is 1. The van der Waals surface area contributed by atoms with Gasteiger partial charge in [-0.3, -0.25) is 4.79 Å². The number of alkyl halides is 3. The maximum absolute atomic E-state index is 13.9. The average molecular weight is 460 g/mol. The van der Waals surface area contributed by atoms with Gasteiger partial charge >= 0.3 is 6.18 Å². The minimum atomic E-state index is -4.55. The van der Waals surface area contributed by atoms with Gasteiger partial charge in [0.15, 0.2) is 11.7 Å². The number of nitrogens with zero attached hydrogens (tertiary/aromatic N) is 2. The van der Waals surface area contributed by atoms with Crippen LogP contribution in [0.5, 0.6) is 5.75 Å². The number of carbonyl (C=O) groups excluding carboxylic acids is 1. The largest absolute Gasteiger partial charge is 0.497 e. The lowest BCUT2D eigenvalue weighted by atomic mass is 9.97. The molecule has 3 aromatic rings. The third-order valence-corrected chi connectivity index (χ3v) is 5.57. The van der Waals surface area contributed by atoms with Crippen LogP contribution in [-0.2, 0) is 0 Å². The molecular formula is C23H23F3N4O3. The first-order chi connectivity index (χ1) is 15.7. The number of aliphatic hydroxyl groups excluding tert-OH is 1. The van der Waals surface area contributed by atoms with E-state index in [1.54, 1.807) is 55.5 Å². The monoisotopic (exact) mass is 460 g/mol. The van der Waals surface area contributed by atoms with Gasteiger partial charge in [-0.05, 0) is 42.3 Å². The number of rotatable bonds is 5. The third kappa shape index (κ3) is 4.80. The van der Waals surface area contributed by atoms with E-state index in [0.717, 1.165) is 4.68 Å². The topological polar surface area (TPSA) is 88.4 Å². The van der Waals surface area contributed by atoms with E-state index >= 15 is 0 Å². The minimum absolute atomic E-state index is 0.104. The predicted molar refractivity (Wildman–Crippen MR) is 116 cm³/mol. The van der Waals surface area contributed by atoms with Gasteiger partial charge < -0.3 is 20.5 Å². The van der Waals surface area contributed by atoms with Gasteiger partial charge in [0.2, 0.25) is 0 Å². The number of hydrogen-bond acceptors (Lipinski definition) is 5. The Balaban J connectivity index is 1.61. The molecule has 2 heterocycles. The van der Waals surface area contributed by atoms with Crippen molar-refractivity contribution < 1.29 is 27.8 Å². The SMILES string of the molecule is COc1ccc([C@H]2C[C@H](C(F)(F)F)n3nc(C(=O)Nc4cccc([C@H](C)O)c4)cc3N2)cc1. The zero-order valence-electron chi connectivity index (χ0n) is 17.9. The molecule has 0 radical (unpaired) electrons. The van der Waals surface area contributed by atoms with E-state index in [2.05, 4.69) is 15.7 Å². The first kappa shape index (κ1) is 22.7. The predicted octanol–water partition coefficient (Wildman–Crippen LogP) is 4.86. The Morgan fingerprint density at radius 1 is 1.24 bits per heavy atom. The summed E-state index contributed by atoms with van der Waals surface area (Å²) in [6.45, 7) is 1.59. The van der Waals surface area contributed by atoms with E-state index in [9.17, 15) is 23.1 Å². The molecule has 0 saturated heterocycles. The Kier molecular flexibility index (Phi) is 6.03.